The number of nitrogens with one attached hydrogen (secondary N) is 2. The van der Waals surface area contributed by atoms with Crippen molar-refractivity contribution in [3.05, 3.63) is 70.9 Å². The summed E-state index contributed by atoms with van der Waals surface area (Å²) in [5.74, 6) is -0.0153. The van der Waals surface area contributed by atoms with E-state index in [1.807, 2.05) is 0 Å². The van der Waals surface area contributed by atoms with Gasteiger partial charge in [-0.15, -0.1) is 0 Å². The Morgan fingerprint density at radius 1 is 1.32 bits per heavy atom. The van der Waals surface area contributed by atoms with Crippen molar-refractivity contribution in [1.82, 2.24) is 14.9 Å². The Morgan fingerprint density at radius 3 is 2.77 bits per heavy atom. The first-order valence-electron chi connectivity index (χ1n) is 6.52. The van der Waals surface area contributed by atoms with Crippen LogP contribution >= 0.6 is 12.2 Å². The maximum Gasteiger partial charge on any atom is 0.270 e. The summed E-state index contributed by atoms with van der Waals surface area (Å²) in [6.45, 7) is 0.271. The summed E-state index contributed by atoms with van der Waals surface area (Å²) < 4.78 is 20.1. The maximum atomic E-state index is 13.0. The molecular formula is C15H12FN3O2S. The summed E-state index contributed by atoms with van der Waals surface area (Å²) in [5, 5.41) is 2.74. The van der Waals surface area contributed by atoms with E-state index in [1.54, 1.807) is 28.8 Å². The van der Waals surface area contributed by atoms with Crippen molar-refractivity contribution in [2.45, 2.75) is 6.54 Å². The number of hydrogen-bond acceptors (Lipinski definition) is 3. The summed E-state index contributed by atoms with van der Waals surface area (Å²) >= 11 is 5.19. The molecule has 3 aromatic rings. The number of rotatable bonds is 4. The smallest absolute Gasteiger partial charge is 0.270 e. The van der Waals surface area contributed by atoms with Crippen LogP contribution in [0.4, 0.5) is 4.39 Å². The zero-order valence-corrected chi connectivity index (χ0v) is 12.2. The van der Waals surface area contributed by atoms with E-state index in [2.05, 4.69) is 10.3 Å². The highest BCUT2D eigenvalue weighted by Gasteiger charge is 2.14. The van der Waals surface area contributed by atoms with E-state index in [0.717, 1.165) is 0 Å². The predicted molar refractivity (Wildman–Crippen MR) is 80.8 cm³/mol. The van der Waals surface area contributed by atoms with Crippen molar-refractivity contribution in [2.24, 2.45) is 0 Å². The highest BCUT2D eigenvalue weighted by molar-refractivity contribution is 7.71. The summed E-state index contributed by atoms with van der Waals surface area (Å²) in [4.78, 5) is 15.1. The lowest BCUT2D eigenvalue weighted by atomic mass is 10.3. The molecule has 0 atom stereocenters. The number of benzene rings is 1. The third-order valence-corrected chi connectivity index (χ3v) is 3.40. The SMILES string of the molecule is O=C(NCc1ccco1)c1c[nH]c(=S)n1-c1ccc(F)cc1. The van der Waals surface area contributed by atoms with Crippen molar-refractivity contribution in [3.63, 3.8) is 0 Å². The van der Waals surface area contributed by atoms with Crippen LogP contribution in [-0.2, 0) is 6.54 Å². The van der Waals surface area contributed by atoms with Crippen LogP contribution in [0.3, 0.4) is 0 Å². The van der Waals surface area contributed by atoms with Gasteiger partial charge in [0.25, 0.3) is 5.91 Å². The fraction of sp³-hybridized carbons (Fsp3) is 0.0667. The van der Waals surface area contributed by atoms with Gasteiger partial charge in [0.1, 0.15) is 17.3 Å². The van der Waals surface area contributed by atoms with Crippen molar-refractivity contribution in [3.8, 4) is 5.69 Å². The standard InChI is InChI=1S/C15H12FN3O2S/c16-10-3-5-11(6-4-10)19-13(9-18-15(19)22)14(20)17-8-12-2-1-7-21-12/h1-7,9H,8H2,(H,17,20)(H,18,22). The van der Waals surface area contributed by atoms with Crippen LogP contribution in [0.15, 0.2) is 53.3 Å². The number of imidazole rings is 1. The lowest BCUT2D eigenvalue weighted by Crippen LogP contribution is -2.25. The normalized spacial score (nSPS) is 10.6. The van der Waals surface area contributed by atoms with Crippen LogP contribution in [0.5, 0.6) is 0 Å². The summed E-state index contributed by atoms with van der Waals surface area (Å²) in [6, 6.07) is 9.26. The van der Waals surface area contributed by atoms with E-state index in [-0.39, 0.29) is 18.3 Å². The van der Waals surface area contributed by atoms with Crippen LogP contribution in [0.2, 0.25) is 0 Å². The number of hydrogen-bond donors (Lipinski definition) is 2. The minimum atomic E-state index is -0.352. The van der Waals surface area contributed by atoms with E-state index in [9.17, 15) is 9.18 Å². The van der Waals surface area contributed by atoms with Gasteiger partial charge < -0.3 is 14.7 Å². The number of carbonyl (C=O) groups is 1. The molecule has 2 heterocycles. The van der Waals surface area contributed by atoms with Crippen molar-refractivity contribution in [2.75, 3.05) is 0 Å². The van der Waals surface area contributed by atoms with Crippen LogP contribution in [-0.4, -0.2) is 15.5 Å². The van der Waals surface area contributed by atoms with Gasteiger partial charge in [0.15, 0.2) is 4.77 Å². The summed E-state index contributed by atoms with van der Waals surface area (Å²) in [7, 11) is 0. The average molecular weight is 317 g/mol. The lowest BCUT2D eigenvalue weighted by Gasteiger charge is -2.08. The fourth-order valence-corrected chi connectivity index (χ4v) is 2.32. The highest BCUT2D eigenvalue weighted by atomic mass is 32.1. The molecule has 1 aromatic carbocycles. The number of furan rings is 1. The molecule has 0 unspecified atom stereocenters. The van der Waals surface area contributed by atoms with Gasteiger partial charge in [-0.3, -0.25) is 9.36 Å². The third-order valence-electron chi connectivity index (χ3n) is 3.10. The van der Waals surface area contributed by atoms with Crippen molar-refractivity contribution >= 4 is 18.1 Å². The lowest BCUT2D eigenvalue weighted by molar-refractivity contribution is 0.0941. The monoisotopic (exact) mass is 317 g/mol. The minimum absolute atomic E-state index is 0.271. The number of halogens is 1. The Kier molecular flexibility index (Phi) is 3.88. The number of aromatic nitrogens is 2. The first kappa shape index (κ1) is 14.3. The fourth-order valence-electron chi connectivity index (χ4n) is 2.05. The summed E-state index contributed by atoms with van der Waals surface area (Å²) in [5.41, 5.74) is 0.943. The van der Waals surface area contributed by atoms with E-state index in [1.165, 1.54) is 24.6 Å². The molecule has 3 rings (SSSR count). The Morgan fingerprint density at radius 2 is 2.09 bits per heavy atom. The van der Waals surface area contributed by atoms with Crippen molar-refractivity contribution in [1.29, 1.82) is 0 Å². The van der Waals surface area contributed by atoms with E-state index >= 15 is 0 Å². The molecule has 22 heavy (non-hydrogen) atoms. The number of H-pyrrole nitrogens is 1. The Bertz CT molecular complexity index is 835. The first-order valence-corrected chi connectivity index (χ1v) is 6.93. The molecule has 0 aliphatic heterocycles. The molecule has 0 saturated heterocycles. The molecule has 5 nitrogen and oxygen atoms in total. The van der Waals surface area contributed by atoms with Crippen LogP contribution < -0.4 is 5.32 Å². The molecule has 7 heteroatoms. The van der Waals surface area contributed by atoms with Gasteiger partial charge in [0, 0.05) is 11.9 Å². The van der Waals surface area contributed by atoms with Crippen LogP contribution in [0.1, 0.15) is 16.2 Å². The molecule has 0 radical (unpaired) electrons. The molecule has 1 amide bonds. The molecule has 2 aromatic heterocycles. The molecule has 0 spiro atoms. The van der Waals surface area contributed by atoms with Crippen LogP contribution in [0, 0.1) is 10.6 Å². The molecule has 2 N–H and O–H groups in total. The largest absolute Gasteiger partial charge is 0.467 e. The molecule has 0 saturated carbocycles. The molecule has 0 aliphatic carbocycles. The molecule has 0 bridgehead atoms. The average Bonchev–Trinajstić information content (AvgIpc) is 3.15. The molecule has 0 fully saturated rings. The van der Waals surface area contributed by atoms with E-state index < -0.39 is 0 Å². The minimum Gasteiger partial charge on any atom is -0.467 e. The van der Waals surface area contributed by atoms with Gasteiger partial charge in [-0.1, -0.05) is 0 Å². The second kappa shape index (κ2) is 5.98. The summed E-state index contributed by atoms with van der Waals surface area (Å²) in [6.07, 6.45) is 3.06. The zero-order chi connectivity index (χ0) is 15.5. The molecule has 112 valence electrons. The van der Waals surface area contributed by atoms with Gasteiger partial charge in [0.05, 0.1) is 12.8 Å². The number of nitrogens with zero attached hydrogens (tertiary/aromatic N) is 1. The Labute approximate surface area is 130 Å². The van der Waals surface area contributed by atoms with Gasteiger partial charge in [-0.25, -0.2) is 4.39 Å². The molecule has 0 aliphatic rings. The number of carbonyl (C=O) groups excluding carboxylic acids is 1. The van der Waals surface area contributed by atoms with Gasteiger partial charge in [-0.2, -0.15) is 0 Å². The number of aromatic amines is 1. The van der Waals surface area contributed by atoms with Gasteiger partial charge in [0.2, 0.25) is 0 Å². The first-order chi connectivity index (χ1) is 10.6. The molecular weight excluding hydrogens is 305 g/mol. The van der Waals surface area contributed by atoms with Crippen LogP contribution in [0.25, 0.3) is 5.69 Å². The quantitative estimate of drug-likeness (QED) is 0.726. The Hall–Kier alpha value is -2.67. The topological polar surface area (TPSA) is 63.0 Å². The highest BCUT2D eigenvalue weighted by Crippen LogP contribution is 2.14. The zero-order valence-electron chi connectivity index (χ0n) is 11.4. The van der Waals surface area contributed by atoms with E-state index in [0.29, 0.717) is 21.9 Å². The maximum absolute atomic E-state index is 13.0. The number of amides is 1. The predicted octanol–water partition coefficient (Wildman–Crippen LogP) is 3.20. The Balaban J connectivity index is 1.86. The second-order valence-electron chi connectivity index (χ2n) is 4.55. The second-order valence-corrected chi connectivity index (χ2v) is 4.94. The third kappa shape index (κ3) is 2.84. The van der Waals surface area contributed by atoms with Gasteiger partial charge in [-0.05, 0) is 48.6 Å². The van der Waals surface area contributed by atoms with Crippen molar-refractivity contribution < 1.29 is 13.6 Å². The van der Waals surface area contributed by atoms with Gasteiger partial charge >= 0.3 is 0 Å². The van der Waals surface area contributed by atoms with E-state index in [4.69, 9.17) is 16.6 Å².